The van der Waals surface area contributed by atoms with Crippen molar-refractivity contribution in [1.29, 1.82) is 0 Å². The van der Waals surface area contributed by atoms with Gasteiger partial charge in [-0.3, -0.25) is 0 Å². The summed E-state index contributed by atoms with van der Waals surface area (Å²) in [7, 11) is -3.61. The summed E-state index contributed by atoms with van der Waals surface area (Å²) in [6.07, 6.45) is 1.92. The fourth-order valence-corrected chi connectivity index (χ4v) is 3.21. The highest BCUT2D eigenvalue weighted by Crippen LogP contribution is 2.20. The smallest absolute Gasteiger partial charge is 0.242 e. The average molecular weight is 292 g/mol. The zero-order chi connectivity index (χ0) is 13.9. The van der Waals surface area contributed by atoms with Gasteiger partial charge in [0.05, 0.1) is 5.02 Å². The third-order valence-corrected chi connectivity index (χ3v) is 4.47. The Bertz CT molecular complexity index is 517. The molecule has 3 N–H and O–H groups in total. The molecule has 1 heterocycles. The largest absolute Gasteiger partial charge is 0.382 e. The summed E-state index contributed by atoms with van der Waals surface area (Å²) in [5.74, 6) is 0.327. The SMILES string of the molecule is CCC(NS(=O)(=O)c1cnc(N)c(Cl)c1)C(C)C. The van der Waals surface area contributed by atoms with E-state index in [4.69, 9.17) is 17.3 Å². The molecule has 0 saturated heterocycles. The second-order valence-electron chi connectivity index (χ2n) is 4.42. The number of pyridine rings is 1. The fraction of sp³-hybridized carbons (Fsp3) is 0.545. The van der Waals surface area contributed by atoms with Gasteiger partial charge in [0.2, 0.25) is 10.0 Å². The molecule has 5 nitrogen and oxygen atoms in total. The summed E-state index contributed by atoms with van der Waals surface area (Å²) in [5.41, 5.74) is 5.45. The van der Waals surface area contributed by atoms with E-state index in [1.165, 1.54) is 12.3 Å². The van der Waals surface area contributed by atoms with Gasteiger partial charge in [-0.2, -0.15) is 0 Å². The standard InChI is InChI=1S/C11H18ClN3O2S/c1-4-10(7(2)3)15-18(16,17)8-5-9(12)11(13)14-6-8/h5-7,10,15H,4H2,1-3H3,(H2,13,14). The van der Waals surface area contributed by atoms with E-state index in [1.54, 1.807) is 0 Å². The highest BCUT2D eigenvalue weighted by molar-refractivity contribution is 7.89. The molecule has 1 aromatic heterocycles. The van der Waals surface area contributed by atoms with Crippen LogP contribution in [0, 0.1) is 5.92 Å². The van der Waals surface area contributed by atoms with Crippen molar-refractivity contribution in [2.45, 2.75) is 38.1 Å². The van der Waals surface area contributed by atoms with Gasteiger partial charge in [-0.25, -0.2) is 18.1 Å². The summed E-state index contributed by atoms with van der Waals surface area (Å²) in [5, 5.41) is 0.135. The first kappa shape index (κ1) is 15.2. The Morgan fingerprint density at radius 1 is 1.50 bits per heavy atom. The predicted molar refractivity (Wildman–Crippen MR) is 72.9 cm³/mol. The van der Waals surface area contributed by atoms with Crippen molar-refractivity contribution in [2.75, 3.05) is 5.73 Å². The van der Waals surface area contributed by atoms with Crippen molar-refractivity contribution >= 4 is 27.4 Å². The predicted octanol–water partition coefficient (Wildman–Crippen LogP) is 2.03. The maximum Gasteiger partial charge on any atom is 0.242 e. The monoisotopic (exact) mass is 291 g/mol. The average Bonchev–Trinajstić information content (AvgIpc) is 2.29. The number of nitrogens with zero attached hydrogens (tertiary/aromatic N) is 1. The van der Waals surface area contributed by atoms with Gasteiger partial charge >= 0.3 is 0 Å². The number of nitrogens with two attached hydrogens (primary N) is 1. The van der Waals surface area contributed by atoms with Crippen LogP contribution in [0.15, 0.2) is 17.2 Å². The molecule has 0 aliphatic carbocycles. The Morgan fingerprint density at radius 2 is 2.11 bits per heavy atom. The van der Waals surface area contributed by atoms with Crippen molar-refractivity contribution in [3.63, 3.8) is 0 Å². The molecule has 0 spiro atoms. The number of hydrogen-bond acceptors (Lipinski definition) is 4. The fourth-order valence-electron chi connectivity index (χ4n) is 1.54. The van der Waals surface area contributed by atoms with Crippen LogP contribution in [0.5, 0.6) is 0 Å². The lowest BCUT2D eigenvalue weighted by molar-refractivity contribution is 0.437. The Hall–Kier alpha value is -0.850. The number of nitrogen functional groups attached to an aromatic ring is 1. The second kappa shape index (κ2) is 5.86. The van der Waals surface area contributed by atoms with Gasteiger partial charge in [0.15, 0.2) is 0 Å². The normalized spacial score (nSPS) is 13.8. The molecular weight excluding hydrogens is 274 g/mol. The van der Waals surface area contributed by atoms with E-state index in [0.717, 1.165) is 0 Å². The lowest BCUT2D eigenvalue weighted by atomic mass is 10.0. The Kier molecular flexibility index (Phi) is 4.95. The van der Waals surface area contributed by atoms with Crippen LogP contribution in [-0.4, -0.2) is 19.4 Å². The van der Waals surface area contributed by atoms with Crippen molar-refractivity contribution < 1.29 is 8.42 Å². The summed E-state index contributed by atoms with van der Waals surface area (Å²) in [4.78, 5) is 3.78. The summed E-state index contributed by atoms with van der Waals surface area (Å²) in [6, 6.07) is 1.19. The van der Waals surface area contributed by atoms with Gasteiger partial charge in [-0.05, 0) is 18.4 Å². The minimum Gasteiger partial charge on any atom is -0.382 e. The molecule has 0 radical (unpaired) electrons. The number of rotatable bonds is 5. The van der Waals surface area contributed by atoms with E-state index in [9.17, 15) is 8.42 Å². The molecule has 0 fully saturated rings. The van der Waals surface area contributed by atoms with Gasteiger partial charge in [0.1, 0.15) is 10.7 Å². The van der Waals surface area contributed by atoms with Crippen LogP contribution in [0.4, 0.5) is 5.82 Å². The van der Waals surface area contributed by atoms with Crippen LogP contribution in [0.2, 0.25) is 5.02 Å². The summed E-state index contributed by atoms with van der Waals surface area (Å²) >= 11 is 5.77. The molecular formula is C11H18ClN3O2S. The lowest BCUT2D eigenvalue weighted by Gasteiger charge is -2.20. The minimum absolute atomic E-state index is 0.0285. The Morgan fingerprint density at radius 3 is 2.56 bits per heavy atom. The zero-order valence-corrected chi connectivity index (χ0v) is 12.2. The van der Waals surface area contributed by atoms with E-state index in [2.05, 4.69) is 9.71 Å². The van der Waals surface area contributed by atoms with Gasteiger partial charge in [-0.15, -0.1) is 0 Å². The van der Waals surface area contributed by atoms with Gasteiger partial charge in [0, 0.05) is 12.2 Å². The summed E-state index contributed by atoms with van der Waals surface area (Å²) < 4.78 is 26.9. The highest BCUT2D eigenvalue weighted by Gasteiger charge is 2.22. The molecule has 1 atom stereocenters. The van der Waals surface area contributed by atoms with Crippen molar-refractivity contribution in [3.8, 4) is 0 Å². The molecule has 7 heteroatoms. The zero-order valence-electron chi connectivity index (χ0n) is 10.6. The van der Waals surface area contributed by atoms with Crippen LogP contribution in [-0.2, 0) is 10.0 Å². The number of hydrogen-bond donors (Lipinski definition) is 2. The molecule has 0 saturated carbocycles. The van der Waals surface area contributed by atoms with E-state index < -0.39 is 10.0 Å². The molecule has 1 rings (SSSR count). The molecule has 18 heavy (non-hydrogen) atoms. The quantitative estimate of drug-likeness (QED) is 0.869. The van der Waals surface area contributed by atoms with Crippen molar-refractivity contribution in [1.82, 2.24) is 9.71 Å². The topological polar surface area (TPSA) is 85.1 Å². The van der Waals surface area contributed by atoms with E-state index in [1.807, 2.05) is 20.8 Å². The molecule has 0 amide bonds. The van der Waals surface area contributed by atoms with Crippen LogP contribution in [0.25, 0.3) is 0 Å². The van der Waals surface area contributed by atoms with Crippen LogP contribution in [0.1, 0.15) is 27.2 Å². The molecule has 102 valence electrons. The number of aromatic nitrogens is 1. The second-order valence-corrected chi connectivity index (χ2v) is 6.54. The van der Waals surface area contributed by atoms with Crippen LogP contribution < -0.4 is 10.5 Å². The van der Waals surface area contributed by atoms with Crippen molar-refractivity contribution in [2.24, 2.45) is 5.92 Å². The third-order valence-electron chi connectivity index (χ3n) is 2.71. The molecule has 0 aliphatic rings. The van der Waals surface area contributed by atoms with E-state index in [-0.39, 0.29) is 27.7 Å². The molecule has 0 bridgehead atoms. The number of nitrogens with one attached hydrogen (secondary N) is 1. The number of sulfonamides is 1. The first-order chi connectivity index (χ1) is 8.27. The minimum atomic E-state index is -3.61. The molecule has 1 unspecified atom stereocenters. The highest BCUT2D eigenvalue weighted by atomic mass is 35.5. The molecule has 1 aromatic rings. The molecule has 0 aromatic carbocycles. The van der Waals surface area contributed by atoms with Gasteiger partial charge in [-0.1, -0.05) is 32.4 Å². The van der Waals surface area contributed by atoms with Crippen LogP contribution >= 0.6 is 11.6 Å². The van der Waals surface area contributed by atoms with E-state index >= 15 is 0 Å². The lowest BCUT2D eigenvalue weighted by Crippen LogP contribution is -2.38. The van der Waals surface area contributed by atoms with Gasteiger partial charge < -0.3 is 5.73 Å². The summed E-state index contributed by atoms with van der Waals surface area (Å²) in [6.45, 7) is 5.86. The Labute approximate surface area is 113 Å². The van der Waals surface area contributed by atoms with Crippen molar-refractivity contribution in [3.05, 3.63) is 17.3 Å². The van der Waals surface area contributed by atoms with Crippen LogP contribution in [0.3, 0.4) is 0 Å². The van der Waals surface area contributed by atoms with E-state index in [0.29, 0.717) is 6.42 Å². The first-order valence-corrected chi connectivity index (χ1v) is 7.57. The maximum atomic E-state index is 12.1. The molecule has 0 aliphatic heterocycles. The first-order valence-electron chi connectivity index (χ1n) is 5.71. The third kappa shape index (κ3) is 3.57. The number of anilines is 1. The maximum absolute atomic E-state index is 12.1. The van der Waals surface area contributed by atoms with Gasteiger partial charge in [0.25, 0.3) is 0 Å². The number of halogens is 1. The Balaban J connectivity index is 3.02.